The summed E-state index contributed by atoms with van der Waals surface area (Å²) in [5.74, 6) is 0. The van der Waals surface area contributed by atoms with Gasteiger partial charge in [-0.2, -0.15) is 0 Å². The van der Waals surface area contributed by atoms with Crippen molar-refractivity contribution < 1.29 is 64.5 Å². The van der Waals surface area contributed by atoms with Crippen molar-refractivity contribution in [1.29, 1.82) is 0 Å². The minimum atomic E-state index is -1.68. The number of aliphatic hydroxyl groups is 8. The zero-order valence-corrected chi connectivity index (χ0v) is 15.5. The number of ether oxygens (including phenoxy) is 5. The van der Waals surface area contributed by atoms with Crippen LogP contribution in [-0.4, -0.2) is 134 Å². The Bertz CT molecular complexity index is 537. The van der Waals surface area contributed by atoms with E-state index in [1.807, 2.05) is 0 Å². The van der Waals surface area contributed by atoms with Crippen LogP contribution in [0.3, 0.4) is 0 Å². The van der Waals surface area contributed by atoms with E-state index in [-0.39, 0.29) is 13.2 Å². The van der Waals surface area contributed by atoms with E-state index >= 15 is 0 Å². The largest absolute Gasteiger partial charge is 0.388 e. The Labute approximate surface area is 165 Å². The molecule has 0 radical (unpaired) electrons. The number of hydrogen-bond donors (Lipinski definition) is 8. The smallest absolute Gasteiger partial charge is 0.187 e. The fraction of sp³-hybridized carbons (Fsp3) is 1.00. The van der Waals surface area contributed by atoms with Gasteiger partial charge < -0.3 is 64.5 Å². The van der Waals surface area contributed by atoms with Gasteiger partial charge in [-0.05, 0) is 6.92 Å². The molecule has 3 aliphatic heterocycles. The summed E-state index contributed by atoms with van der Waals surface area (Å²) in [5, 5.41) is 79.5. The summed E-state index contributed by atoms with van der Waals surface area (Å²) in [7, 11) is 0. The third-order valence-corrected chi connectivity index (χ3v) is 5.27. The van der Waals surface area contributed by atoms with Crippen LogP contribution in [-0.2, 0) is 23.7 Å². The van der Waals surface area contributed by atoms with Crippen molar-refractivity contribution >= 4 is 0 Å². The van der Waals surface area contributed by atoms with Gasteiger partial charge in [-0.1, -0.05) is 0 Å². The first-order chi connectivity index (χ1) is 13.6. The first kappa shape index (κ1) is 23.1. The molecule has 29 heavy (non-hydrogen) atoms. The molecule has 0 aromatic heterocycles. The summed E-state index contributed by atoms with van der Waals surface area (Å²) in [4.78, 5) is 0. The Hall–Kier alpha value is -0.520. The summed E-state index contributed by atoms with van der Waals surface area (Å²) >= 11 is 0. The second kappa shape index (κ2) is 9.32. The van der Waals surface area contributed by atoms with Crippen LogP contribution in [0.1, 0.15) is 6.92 Å². The summed E-state index contributed by atoms with van der Waals surface area (Å²) in [6, 6.07) is 0. The van der Waals surface area contributed by atoms with E-state index in [1.54, 1.807) is 0 Å². The molecule has 8 N–H and O–H groups in total. The molecule has 0 amide bonds. The third-order valence-electron chi connectivity index (χ3n) is 5.27. The molecule has 0 aromatic carbocycles. The molecule has 3 rings (SSSR count). The Balaban J connectivity index is 1.72. The average molecular weight is 428 g/mol. The molecule has 3 heterocycles. The van der Waals surface area contributed by atoms with Crippen LogP contribution in [0.2, 0.25) is 0 Å². The highest BCUT2D eigenvalue weighted by molar-refractivity contribution is 4.92. The monoisotopic (exact) mass is 428 g/mol. The maximum atomic E-state index is 10.3. The fourth-order valence-corrected chi connectivity index (χ4v) is 3.42. The quantitative estimate of drug-likeness (QED) is 0.211. The van der Waals surface area contributed by atoms with E-state index in [4.69, 9.17) is 23.7 Å². The Morgan fingerprint density at radius 1 is 0.621 bits per heavy atom. The Morgan fingerprint density at radius 3 is 1.90 bits per heavy atom. The van der Waals surface area contributed by atoms with Gasteiger partial charge in [-0.3, -0.25) is 0 Å². The fourth-order valence-electron chi connectivity index (χ4n) is 3.42. The lowest BCUT2D eigenvalue weighted by Gasteiger charge is -2.45. The number of aliphatic hydroxyl groups excluding tert-OH is 8. The highest BCUT2D eigenvalue weighted by Crippen LogP contribution is 2.29. The zero-order chi connectivity index (χ0) is 21.5. The zero-order valence-electron chi connectivity index (χ0n) is 15.5. The van der Waals surface area contributed by atoms with Gasteiger partial charge in [-0.15, -0.1) is 0 Å². The van der Waals surface area contributed by atoms with Crippen LogP contribution in [0, 0.1) is 0 Å². The maximum Gasteiger partial charge on any atom is 0.187 e. The molecule has 0 aliphatic carbocycles. The van der Waals surface area contributed by atoms with Crippen LogP contribution < -0.4 is 0 Å². The Morgan fingerprint density at radius 2 is 1.21 bits per heavy atom. The minimum absolute atomic E-state index is 0.345. The molecular formula is C16H28O13. The van der Waals surface area contributed by atoms with Gasteiger partial charge in [0.05, 0.1) is 19.3 Å². The third kappa shape index (κ3) is 4.72. The molecule has 3 saturated heterocycles. The first-order valence-corrected chi connectivity index (χ1v) is 9.26. The van der Waals surface area contributed by atoms with E-state index in [0.29, 0.717) is 0 Å². The van der Waals surface area contributed by atoms with Gasteiger partial charge in [0, 0.05) is 0 Å². The van der Waals surface area contributed by atoms with Gasteiger partial charge in [0.25, 0.3) is 0 Å². The molecule has 0 unspecified atom stereocenters. The summed E-state index contributed by atoms with van der Waals surface area (Å²) in [6.07, 6.45) is -18.9. The predicted octanol–water partition coefficient (Wildman–Crippen LogP) is -5.27. The lowest BCUT2D eigenvalue weighted by atomic mass is 9.99. The molecule has 0 spiro atoms. The van der Waals surface area contributed by atoms with Crippen LogP contribution in [0.5, 0.6) is 0 Å². The predicted molar refractivity (Wildman–Crippen MR) is 87.8 cm³/mol. The van der Waals surface area contributed by atoms with Crippen LogP contribution in [0.25, 0.3) is 0 Å². The number of hydrogen-bond acceptors (Lipinski definition) is 13. The summed E-state index contributed by atoms with van der Waals surface area (Å²) < 4.78 is 26.5. The van der Waals surface area contributed by atoms with Crippen molar-refractivity contribution in [3.05, 3.63) is 0 Å². The van der Waals surface area contributed by atoms with Crippen molar-refractivity contribution in [1.82, 2.24) is 0 Å². The lowest BCUT2D eigenvalue weighted by molar-refractivity contribution is -0.371. The molecule has 0 aromatic rings. The number of rotatable bonds is 4. The van der Waals surface area contributed by atoms with Gasteiger partial charge in [-0.25, -0.2) is 0 Å². The van der Waals surface area contributed by atoms with Crippen LogP contribution in [0.4, 0.5) is 0 Å². The van der Waals surface area contributed by atoms with E-state index in [0.717, 1.165) is 0 Å². The second-order valence-electron chi connectivity index (χ2n) is 7.42. The molecule has 13 heteroatoms. The van der Waals surface area contributed by atoms with Crippen LogP contribution >= 0.6 is 0 Å². The van der Waals surface area contributed by atoms with E-state index in [1.165, 1.54) is 6.92 Å². The Kier molecular flexibility index (Phi) is 7.44. The highest BCUT2D eigenvalue weighted by atomic mass is 16.8. The molecule has 170 valence electrons. The van der Waals surface area contributed by atoms with Crippen molar-refractivity contribution in [2.75, 3.05) is 13.2 Å². The van der Waals surface area contributed by atoms with Gasteiger partial charge in [0.1, 0.15) is 54.9 Å². The maximum absolute atomic E-state index is 10.3. The van der Waals surface area contributed by atoms with E-state index in [2.05, 4.69) is 0 Å². The van der Waals surface area contributed by atoms with Crippen molar-refractivity contribution in [2.24, 2.45) is 0 Å². The molecule has 13 nitrogen and oxygen atoms in total. The SMILES string of the molecule is C[C@@H]1O[C@@H](O[C@@H]2[C@@H](O[C@@H]3OC[C@@H](O)[C@H](O)[C@H]3O)[C@@H](O)CO[C@H]2O)[C@H](O)[C@H](O)[C@H]1O. The first-order valence-electron chi connectivity index (χ1n) is 9.26. The topological polar surface area (TPSA) is 208 Å². The molecule has 3 fully saturated rings. The average Bonchev–Trinajstić information content (AvgIpc) is 2.69. The van der Waals surface area contributed by atoms with Crippen molar-refractivity contribution in [2.45, 2.75) is 86.8 Å². The summed E-state index contributed by atoms with van der Waals surface area (Å²) in [5.41, 5.74) is 0. The van der Waals surface area contributed by atoms with E-state index < -0.39 is 79.9 Å². The molecular weight excluding hydrogens is 400 g/mol. The van der Waals surface area contributed by atoms with Crippen LogP contribution in [0.15, 0.2) is 0 Å². The van der Waals surface area contributed by atoms with Crippen molar-refractivity contribution in [3.63, 3.8) is 0 Å². The summed E-state index contributed by atoms with van der Waals surface area (Å²) in [6.45, 7) is 0.736. The van der Waals surface area contributed by atoms with Crippen molar-refractivity contribution in [3.8, 4) is 0 Å². The van der Waals surface area contributed by atoms with E-state index in [9.17, 15) is 40.9 Å². The second-order valence-corrected chi connectivity index (χ2v) is 7.42. The molecule has 13 atom stereocenters. The lowest BCUT2D eigenvalue weighted by Crippen LogP contribution is -2.63. The highest BCUT2D eigenvalue weighted by Gasteiger charge is 2.50. The molecule has 0 saturated carbocycles. The van der Waals surface area contributed by atoms with Gasteiger partial charge in [0.2, 0.25) is 0 Å². The minimum Gasteiger partial charge on any atom is -0.388 e. The molecule has 3 aliphatic rings. The molecule has 0 bridgehead atoms. The van der Waals surface area contributed by atoms with Gasteiger partial charge >= 0.3 is 0 Å². The normalized spacial score (nSPS) is 54.3. The standard InChI is InChI=1S/C16H28O13/c1-4-7(19)9(21)11(23)16(27-4)29-13-12(6(18)3-25-14(13)24)28-15-10(22)8(20)5(17)2-26-15/h4-24H,2-3H2,1H3/t4-,5+,6-,7-,8-,9+,10+,11+,12-,13+,14+,15-,16-/m0/s1. The van der Waals surface area contributed by atoms with Gasteiger partial charge in [0.15, 0.2) is 18.9 Å².